The van der Waals surface area contributed by atoms with Crippen LogP contribution in [0.3, 0.4) is 0 Å². The highest BCUT2D eigenvalue weighted by molar-refractivity contribution is 7.89. The molecule has 0 saturated heterocycles. The largest absolute Gasteiger partial charge is 0.477 e. The van der Waals surface area contributed by atoms with Crippen molar-refractivity contribution in [2.45, 2.75) is 30.9 Å². The first-order valence-electron chi connectivity index (χ1n) is 13.9. The number of para-hydroxylation sites is 2. The first kappa shape index (κ1) is 30.3. The average molecular weight is 618 g/mol. The van der Waals surface area contributed by atoms with Gasteiger partial charge >= 0.3 is 0 Å². The standard InChI is InChI=1S/C33H32ClN3O5S/c1-24-11-13-26(14-12-24)21-36(43(40,41)28-17-15-27(34)16-18-28)23-32(38)37-22-31(42-30-10-6-5-9-29(30)37)33(39)35-20-19-25-7-3-2-4-8-25/h2-18,31H,19-23H2,1H3,(H,35,39). The smallest absolute Gasteiger partial charge is 0.262 e. The summed E-state index contributed by atoms with van der Waals surface area (Å²) in [6.07, 6.45) is -0.317. The van der Waals surface area contributed by atoms with Crippen LogP contribution in [-0.2, 0) is 32.6 Å². The maximum atomic E-state index is 13.9. The maximum Gasteiger partial charge on any atom is 0.262 e. The van der Waals surface area contributed by atoms with Gasteiger partial charge in [0.05, 0.1) is 23.7 Å². The average Bonchev–Trinajstić information content (AvgIpc) is 3.01. The minimum Gasteiger partial charge on any atom is -0.477 e. The summed E-state index contributed by atoms with van der Waals surface area (Å²) in [6, 6.07) is 30.0. The van der Waals surface area contributed by atoms with E-state index in [4.69, 9.17) is 16.3 Å². The zero-order valence-electron chi connectivity index (χ0n) is 23.6. The second kappa shape index (κ2) is 13.4. The molecule has 1 aliphatic heterocycles. The van der Waals surface area contributed by atoms with E-state index in [1.165, 1.54) is 29.2 Å². The van der Waals surface area contributed by atoms with Crippen LogP contribution in [-0.4, -0.2) is 50.3 Å². The molecule has 0 spiro atoms. The van der Waals surface area contributed by atoms with Crippen molar-refractivity contribution in [2.75, 3.05) is 24.5 Å². The number of carbonyl (C=O) groups excluding carboxylic acids is 2. The van der Waals surface area contributed by atoms with Crippen LogP contribution in [0.4, 0.5) is 5.69 Å². The number of amides is 2. The Bertz CT molecular complexity index is 1680. The minimum absolute atomic E-state index is 0.0215. The molecule has 1 N–H and O–H groups in total. The number of ether oxygens (including phenoxy) is 1. The number of benzene rings is 4. The van der Waals surface area contributed by atoms with Gasteiger partial charge in [-0.3, -0.25) is 9.59 Å². The Morgan fingerprint density at radius 2 is 1.58 bits per heavy atom. The van der Waals surface area contributed by atoms with Gasteiger partial charge in [-0.25, -0.2) is 8.42 Å². The second-order valence-electron chi connectivity index (χ2n) is 10.3. The number of aryl methyl sites for hydroxylation is 1. The van der Waals surface area contributed by atoms with Gasteiger partial charge in [-0.15, -0.1) is 0 Å². The van der Waals surface area contributed by atoms with Crippen LogP contribution in [0, 0.1) is 6.92 Å². The van der Waals surface area contributed by atoms with Crippen molar-refractivity contribution in [2.24, 2.45) is 0 Å². The Kier molecular flexibility index (Phi) is 9.45. The van der Waals surface area contributed by atoms with E-state index in [1.54, 1.807) is 24.3 Å². The third-order valence-electron chi connectivity index (χ3n) is 7.17. The molecule has 0 saturated carbocycles. The molecule has 4 aromatic carbocycles. The summed E-state index contributed by atoms with van der Waals surface area (Å²) >= 11 is 6.01. The van der Waals surface area contributed by atoms with E-state index in [-0.39, 0.29) is 23.9 Å². The van der Waals surface area contributed by atoms with Gasteiger partial charge in [-0.05, 0) is 60.9 Å². The molecule has 2 amide bonds. The van der Waals surface area contributed by atoms with E-state index in [2.05, 4.69) is 5.32 Å². The van der Waals surface area contributed by atoms with Crippen LogP contribution in [0.5, 0.6) is 5.75 Å². The molecule has 10 heteroatoms. The Hall–Kier alpha value is -4.18. The van der Waals surface area contributed by atoms with Crippen molar-refractivity contribution >= 4 is 39.1 Å². The first-order chi connectivity index (χ1) is 20.7. The van der Waals surface area contributed by atoms with Gasteiger partial charge in [0.15, 0.2) is 6.10 Å². The zero-order chi connectivity index (χ0) is 30.4. The predicted molar refractivity (Wildman–Crippen MR) is 167 cm³/mol. The van der Waals surface area contributed by atoms with Gasteiger partial charge in [0, 0.05) is 18.1 Å². The van der Waals surface area contributed by atoms with Crippen molar-refractivity contribution in [3.63, 3.8) is 0 Å². The van der Waals surface area contributed by atoms with Crippen LogP contribution in [0.25, 0.3) is 0 Å². The summed E-state index contributed by atoms with van der Waals surface area (Å²) in [6.45, 7) is 1.82. The van der Waals surface area contributed by atoms with E-state index in [0.717, 1.165) is 21.0 Å². The number of nitrogens with one attached hydrogen (secondary N) is 1. The number of fused-ring (bicyclic) bond motifs is 1. The summed E-state index contributed by atoms with van der Waals surface area (Å²) in [7, 11) is -4.09. The molecular weight excluding hydrogens is 586 g/mol. The molecule has 1 heterocycles. The summed E-state index contributed by atoms with van der Waals surface area (Å²) in [5.41, 5.74) is 3.32. The molecule has 1 aliphatic rings. The third kappa shape index (κ3) is 7.43. The number of hydrogen-bond donors (Lipinski definition) is 1. The van der Waals surface area contributed by atoms with E-state index in [9.17, 15) is 18.0 Å². The lowest BCUT2D eigenvalue weighted by Crippen LogP contribution is -2.53. The van der Waals surface area contributed by atoms with Crippen molar-refractivity contribution < 1.29 is 22.7 Å². The molecule has 5 rings (SSSR count). The predicted octanol–water partition coefficient (Wildman–Crippen LogP) is 4.99. The highest BCUT2D eigenvalue weighted by atomic mass is 35.5. The highest BCUT2D eigenvalue weighted by Gasteiger charge is 2.36. The van der Waals surface area contributed by atoms with Gasteiger partial charge in [-0.1, -0.05) is 83.9 Å². The summed E-state index contributed by atoms with van der Waals surface area (Å²) in [4.78, 5) is 28.5. The fourth-order valence-electron chi connectivity index (χ4n) is 4.81. The molecule has 0 radical (unpaired) electrons. The normalized spacial score (nSPS) is 14.6. The van der Waals surface area contributed by atoms with Crippen molar-refractivity contribution in [1.29, 1.82) is 0 Å². The summed E-state index contributed by atoms with van der Waals surface area (Å²) in [5.74, 6) is -0.466. The maximum absolute atomic E-state index is 13.9. The number of sulfonamides is 1. The SMILES string of the molecule is Cc1ccc(CN(CC(=O)N2CC(C(=O)NCCc3ccccc3)Oc3ccccc32)S(=O)(=O)c2ccc(Cl)cc2)cc1. The molecular formula is C33H32ClN3O5S. The fourth-order valence-corrected chi connectivity index (χ4v) is 6.31. The molecule has 222 valence electrons. The Morgan fingerprint density at radius 3 is 2.30 bits per heavy atom. The number of nitrogens with zero attached hydrogens (tertiary/aromatic N) is 2. The fraction of sp³-hybridized carbons (Fsp3) is 0.212. The highest BCUT2D eigenvalue weighted by Crippen LogP contribution is 2.34. The topological polar surface area (TPSA) is 96.0 Å². The lowest BCUT2D eigenvalue weighted by atomic mass is 10.1. The van der Waals surface area contributed by atoms with Gasteiger partial charge in [-0.2, -0.15) is 4.31 Å². The molecule has 1 unspecified atom stereocenters. The van der Waals surface area contributed by atoms with Crippen LogP contribution in [0.1, 0.15) is 16.7 Å². The first-order valence-corrected chi connectivity index (χ1v) is 15.7. The van der Waals surface area contributed by atoms with Gasteiger partial charge < -0.3 is 15.0 Å². The van der Waals surface area contributed by atoms with E-state index >= 15 is 0 Å². The van der Waals surface area contributed by atoms with Crippen LogP contribution in [0.2, 0.25) is 5.02 Å². The number of carbonyl (C=O) groups is 2. The minimum atomic E-state index is -4.09. The zero-order valence-corrected chi connectivity index (χ0v) is 25.2. The van der Waals surface area contributed by atoms with Crippen LogP contribution in [0.15, 0.2) is 108 Å². The Labute approximate surface area is 256 Å². The van der Waals surface area contributed by atoms with Gasteiger partial charge in [0.2, 0.25) is 15.9 Å². The van der Waals surface area contributed by atoms with Gasteiger partial charge in [0.1, 0.15) is 5.75 Å². The molecule has 0 fully saturated rings. The van der Waals surface area contributed by atoms with E-state index in [1.807, 2.05) is 61.5 Å². The summed E-state index contributed by atoms with van der Waals surface area (Å²) in [5, 5.41) is 3.30. The van der Waals surface area contributed by atoms with Crippen molar-refractivity contribution in [3.8, 4) is 5.75 Å². The van der Waals surface area contributed by atoms with Crippen LogP contribution >= 0.6 is 11.6 Å². The molecule has 1 atom stereocenters. The second-order valence-corrected chi connectivity index (χ2v) is 12.7. The summed E-state index contributed by atoms with van der Waals surface area (Å²) < 4.78 is 34.8. The Balaban J connectivity index is 1.37. The molecule has 0 bridgehead atoms. The Morgan fingerprint density at radius 1 is 0.907 bits per heavy atom. The lowest BCUT2D eigenvalue weighted by Gasteiger charge is -2.35. The van der Waals surface area contributed by atoms with Crippen molar-refractivity contribution in [3.05, 3.63) is 125 Å². The quantitative estimate of drug-likeness (QED) is 0.270. The van der Waals surface area contributed by atoms with Crippen LogP contribution < -0.4 is 15.0 Å². The van der Waals surface area contributed by atoms with E-state index < -0.39 is 28.6 Å². The monoisotopic (exact) mass is 617 g/mol. The third-order valence-corrected chi connectivity index (χ3v) is 9.22. The molecule has 43 heavy (non-hydrogen) atoms. The number of halogens is 1. The molecule has 8 nitrogen and oxygen atoms in total. The molecule has 4 aromatic rings. The number of rotatable bonds is 10. The van der Waals surface area contributed by atoms with Gasteiger partial charge in [0.25, 0.3) is 5.91 Å². The van der Waals surface area contributed by atoms with Crippen molar-refractivity contribution in [1.82, 2.24) is 9.62 Å². The van der Waals surface area contributed by atoms with E-state index in [0.29, 0.717) is 29.4 Å². The lowest BCUT2D eigenvalue weighted by molar-refractivity contribution is -0.128. The number of anilines is 1. The molecule has 0 aromatic heterocycles. The number of hydrogen-bond acceptors (Lipinski definition) is 5. The molecule has 0 aliphatic carbocycles.